The van der Waals surface area contributed by atoms with Crippen molar-refractivity contribution in [2.45, 2.75) is 13.3 Å². The van der Waals surface area contributed by atoms with Gasteiger partial charge in [-0.05, 0) is 19.1 Å². The van der Waals surface area contributed by atoms with E-state index in [0.29, 0.717) is 24.8 Å². The summed E-state index contributed by atoms with van der Waals surface area (Å²) in [4.78, 5) is 12.1. The number of carbonyl (C=O) groups excluding carboxylic acids is 1. The first-order valence-electron chi connectivity index (χ1n) is 9.08. The molecule has 2 aromatic carbocycles. The number of carbonyl (C=O) groups is 1. The molecule has 3 aromatic rings. The highest BCUT2D eigenvalue weighted by molar-refractivity contribution is 5.79. The van der Waals surface area contributed by atoms with Crippen molar-refractivity contribution in [1.29, 1.82) is 0 Å². The van der Waals surface area contributed by atoms with Crippen LogP contribution >= 0.6 is 0 Å². The number of aryl methyl sites for hydroxylation is 1. The summed E-state index contributed by atoms with van der Waals surface area (Å²) in [6.07, 6.45) is 0.259. The van der Waals surface area contributed by atoms with Gasteiger partial charge >= 0.3 is 0 Å². The highest BCUT2D eigenvalue weighted by Gasteiger charge is 2.08. The molecule has 144 valence electrons. The van der Waals surface area contributed by atoms with E-state index in [1.165, 1.54) is 5.56 Å². The van der Waals surface area contributed by atoms with Crippen molar-refractivity contribution in [3.63, 3.8) is 0 Å². The molecule has 0 spiro atoms. The van der Waals surface area contributed by atoms with Crippen LogP contribution in [0.25, 0.3) is 11.3 Å². The van der Waals surface area contributed by atoms with Crippen molar-refractivity contribution < 1.29 is 14.3 Å². The molecule has 1 heterocycles. The summed E-state index contributed by atoms with van der Waals surface area (Å²) < 4.78 is 10.8. The third-order valence-corrected chi connectivity index (χ3v) is 4.21. The Balaban J connectivity index is 1.43. The van der Waals surface area contributed by atoms with Gasteiger partial charge in [0.25, 0.3) is 0 Å². The third kappa shape index (κ3) is 5.30. The molecule has 0 aliphatic heterocycles. The van der Waals surface area contributed by atoms with Crippen molar-refractivity contribution in [3.8, 4) is 22.9 Å². The summed E-state index contributed by atoms with van der Waals surface area (Å²) >= 11 is 0. The number of nitrogens with zero attached hydrogens (tertiary/aromatic N) is 2. The van der Waals surface area contributed by atoms with Gasteiger partial charge in [-0.3, -0.25) is 4.79 Å². The standard InChI is InChI=1S/C22H23N3O3/c1-16-7-9-17(10-8-16)19-11-12-22(25-24-19)28-14-13-23-21(26)15-18-5-3-4-6-20(18)27-2/h3-12H,13-15H2,1-2H3,(H,23,26). The molecule has 1 N–H and O–H groups in total. The van der Waals surface area contributed by atoms with Crippen LogP contribution in [0, 0.1) is 6.92 Å². The van der Waals surface area contributed by atoms with Crippen LogP contribution in [0.1, 0.15) is 11.1 Å². The lowest BCUT2D eigenvalue weighted by Gasteiger charge is -2.09. The van der Waals surface area contributed by atoms with Crippen LogP contribution in [0.5, 0.6) is 11.6 Å². The van der Waals surface area contributed by atoms with E-state index in [-0.39, 0.29) is 12.3 Å². The van der Waals surface area contributed by atoms with Gasteiger partial charge in [-0.25, -0.2) is 0 Å². The predicted molar refractivity (Wildman–Crippen MR) is 107 cm³/mol. The quantitative estimate of drug-likeness (QED) is 0.610. The molecule has 6 nitrogen and oxygen atoms in total. The van der Waals surface area contributed by atoms with Gasteiger partial charge < -0.3 is 14.8 Å². The molecule has 1 aromatic heterocycles. The fourth-order valence-corrected chi connectivity index (χ4v) is 2.71. The van der Waals surface area contributed by atoms with E-state index < -0.39 is 0 Å². The Labute approximate surface area is 164 Å². The van der Waals surface area contributed by atoms with Crippen molar-refractivity contribution >= 4 is 5.91 Å². The first-order valence-corrected chi connectivity index (χ1v) is 9.08. The monoisotopic (exact) mass is 377 g/mol. The number of rotatable bonds is 8. The van der Waals surface area contributed by atoms with E-state index in [0.717, 1.165) is 16.8 Å². The van der Waals surface area contributed by atoms with E-state index in [4.69, 9.17) is 9.47 Å². The number of para-hydroxylation sites is 1. The van der Waals surface area contributed by atoms with Crippen LogP contribution < -0.4 is 14.8 Å². The number of nitrogens with one attached hydrogen (secondary N) is 1. The van der Waals surface area contributed by atoms with Gasteiger partial charge in [-0.15, -0.1) is 10.2 Å². The molecule has 0 fully saturated rings. The zero-order valence-corrected chi connectivity index (χ0v) is 16.0. The van der Waals surface area contributed by atoms with Gasteiger partial charge in [-0.1, -0.05) is 48.0 Å². The maximum atomic E-state index is 12.1. The highest BCUT2D eigenvalue weighted by atomic mass is 16.5. The molecule has 0 aliphatic rings. The number of methoxy groups -OCH3 is 1. The Morgan fingerprint density at radius 1 is 1.00 bits per heavy atom. The molecule has 0 bridgehead atoms. The smallest absolute Gasteiger partial charge is 0.233 e. The molecule has 0 saturated heterocycles. The topological polar surface area (TPSA) is 73.3 Å². The van der Waals surface area contributed by atoms with Crippen LogP contribution in [0.3, 0.4) is 0 Å². The second-order valence-electron chi connectivity index (χ2n) is 6.31. The Morgan fingerprint density at radius 3 is 2.50 bits per heavy atom. The normalized spacial score (nSPS) is 10.4. The molecule has 0 saturated carbocycles. The largest absolute Gasteiger partial charge is 0.496 e. The predicted octanol–water partition coefficient (Wildman–Crippen LogP) is 3.20. The summed E-state index contributed by atoms with van der Waals surface area (Å²) in [5.41, 5.74) is 3.84. The number of benzene rings is 2. The third-order valence-electron chi connectivity index (χ3n) is 4.21. The minimum Gasteiger partial charge on any atom is -0.496 e. The van der Waals surface area contributed by atoms with E-state index in [1.54, 1.807) is 13.2 Å². The number of aromatic nitrogens is 2. The van der Waals surface area contributed by atoms with Gasteiger partial charge in [0.05, 0.1) is 25.8 Å². The number of ether oxygens (including phenoxy) is 2. The zero-order valence-electron chi connectivity index (χ0n) is 16.0. The molecule has 1 amide bonds. The summed E-state index contributed by atoms with van der Waals surface area (Å²) in [6, 6.07) is 19.2. The van der Waals surface area contributed by atoms with Gasteiger partial charge in [0.1, 0.15) is 12.4 Å². The lowest BCUT2D eigenvalue weighted by Crippen LogP contribution is -2.29. The van der Waals surface area contributed by atoms with Crippen LogP contribution in [0.15, 0.2) is 60.7 Å². The van der Waals surface area contributed by atoms with E-state index >= 15 is 0 Å². The van der Waals surface area contributed by atoms with E-state index in [1.807, 2.05) is 61.5 Å². The molecule has 6 heteroatoms. The summed E-state index contributed by atoms with van der Waals surface area (Å²) in [5.74, 6) is 1.04. The molecule has 0 radical (unpaired) electrons. The van der Waals surface area contributed by atoms with Crippen molar-refractivity contribution in [3.05, 3.63) is 71.8 Å². The minimum atomic E-state index is -0.0890. The van der Waals surface area contributed by atoms with Gasteiger partial charge in [0.15, 0.2) is 0 Å². The zero-order chi connectivity index (χ0) is 19.8. The van der Waals surface area contributed by atoms with Gasteiger partial charge in [-0.2, -0.15) is 0 Å². The Kier molecular flexibility index (Phi) is 6.57. The average molecular weight is 377 g/mol. The van der Waals surface area contributed by atoms with Gasteiger partial charge in [0.2, 0.25) is 11.8 Å². The van der Waals surface area contributed by atoms with Crippen molar-refractivity contribution in [2.24, 2.45) is 0 Å². The maximum absolute atomic E-state index is 12.1. The molecule has 3 rings (SSSR count). The lowest BCUT2D eigenvalue weighted by molar-refractivity contribution is -0.120. The summed E-state index contributed by atoms with van der Waals surface area (Å²) in [5, 5.41) is 11.1. The van der Waals surface area contributed by atoms with Crippen LogP contribution in [0.4, 0.5) is 0 Å². The molecular weight excluding hydrogens is 354 g/mol. The van der Waals surface area contributed by atoms with Crippen LogP contribution in [0.2, 0.25) is 0 Å². The lowest BCUT2D eigenvalue weighted by atomic mass is 10.1. The van der Waals surface area contributed by atoms with Gasteiger partial charge in [0, 0.05) is 17.2 Å². The molecule has 0 aliphatic carbocycles. The highest BCUT2D eigenvalue weighted by Crippen LogP contribution is 2.19. The molecule has 0 unspecified atom stereocenters. The Bertz CT molecular complexity index is 909. The van der Waals surface area contributed by atoms with Crippen molar-refractivity contribution in [2.75, 3.05) is 20.3 Å². The van der Waals surface area contributed by atoms with Crippen molar-refractivity contribution in [1.82, 2.24) is 15.5 Å². The molecule has 28 heavy (non-hydrogen) atoms. The number of amides is 1. The second-order valence-corrected chi connectivity index (χ2v) is 6.31. The SMILES string of the molecule is COc1ccccc1CC(=O)NCCOc1ccc(-c2ccc(C)cc2)nn1. The first-order chi connectivity index (χ1) is 13.7. The average Bonchev–Trinajstić information content (AvgIpc) is 2.73. The van der Waals surface area contributed by atoms with E-state index in [9.17, 15) is 4.79 Å². The number of hydrogen-bond donors (Lipinski definition) is 1. The summed E-state index contributed by atoms with van der Waals surface area (Å²) in [6.45, 7) is 2.74. The number of hydrogen-bond acceptors (Lipinski definition) is 5. The van der Waals surface area contributed by atoms with Crippen LogP contribution in [-0.4, -0.2) is 36.4 Å². The molecular formula is C22H23N3O3. The minimum absolute atomic E-state index is 0.0890. The Hall–Kier alpha value is -3.41. The maximum Gasteiger partial charge on any atom is 0.233 e. The summed E-state index contributed by atoms with van der Waals surface area (Å²) in [7, 11) is 1.59. The van der Waals surface area contributed by atoms with Crippen LogP contribution in [-0.2, 0) is 11.2 Å². The first kappa shape index (κ1) is 19.4. The fourth-order valence-electron chi connectivity index (χ4n) is 2.71. The fraction of sp³-hybridized carbons (Fsp3) is 0.227. The Morgan fingerprint density at radius 2 is 1.79 bits per heavy atom. The second kappa shape index (κ2) is 9.50. The van der Waals surface area contributed by atoms with E-state index in [2.05, 4.69) is 15.5 Å². The molecule has 0 atom stereocenters.